The Labute approximate surface area is 131 Å². The smallest absolute Gasteiger partial charge is 0.276 e. The number of benzene rings is 1. The van der Waals surface area contributed by atoms with E-state index < -0.39 is 5.56 Å². The van der Waals surface area contributed by atoms with Crippen LogP contribution in [0.1, 0.15) is 11.3 Å². The molecule has 2 heterocycles. The Hall–Kier alpha value is -2.84. The lowest BCUT2D eigenvalue weighted by Crippen LogP contribution is -2.23. The first-order chi connectivity index (χ1) is 10.5. The van der Waals surface area contributed by atoms with Gasteiger partial charge in [-0.15, -0.1) is 0 Å². The van der Waals surface area contributed by atoms with E-state index in [2.05, 4.69) is 4.98 Å². The second-order valence-electron chi connectivity index (χ2n) is 4.86. The lowest BCUT2D eigenvalue weighted by molar-refractivity contribution is 0.999. The van der Waals surface area contributed by atoms with Crippen molar-refractivity contribution in [3.63, 3.8) is 0 Å². The van der Waals surface area contributed by atoms with Crippen LogP contribution in [0.5, 0.6) is 0 Å². The average molecular weight is 311 g/mol. The van der Waals surface area contributed by atoms with Gasteiger partial charge in [0.25, 0.3) is 5.56 Å². The molecule has 3 aromatic rings. The Balaban J connectivity index is 2.52. The number of fused-ring (bicyclic) bond motifs is 1. The number of hydrogen-bond acceptors (Lipinski definition) is 4. The lowest BCUT2D eigenvalue weighted by Gasteiger charge is -2.12. The normalized spacial score (nSPS) is 10.6. The summed E-state index contributed by atoms with van der Waals surface area (Å²) in [5.41, 5.74) is 7.41. The molecule has 5 nitrogen and oxygen atoms in total. The molecule has 0 aliphatic carbocycles. The van der Waals surface area contributed by atoms with Gasteiger partial charge in [-0.25, -0.2) is 4.98 Å². The van der Waals surface area contributed by atoms with Gasteiger partial charge in [0.15, 0.2) is 0 Å². The summed E-state index contributed by atoms with van der Waals surface area (Å²) in [6.07, 6.45) is 0. The van der Waals surface area contributed by atoms with Crippen LogP contribution in [-0.4, -0.2) is 9.55 Å². The number of nitrogens with two attached hydrogens (primary N) is 1. The summed E-state index contributed by atoms with van der Waals surface area (Å²) in [4.78, 5) is 17.0. The number of nitriles is 1. The van der Waals surface area contributed by atoms with Gasteiger partial charge in [0.05, 0.1) is 10.7 Å². The van der Waals surface area contributed by atoms with Gasteiger partial charge in [-0.3, -0.25) is 9.36 Å². The largest absolute Gasteiger partial charge is 0.399 e. The van der Waals surface area contributed by atoms with E-state index >= 15 is 0 Å². The molecule has 6 heteroatoms. The number of aryl methyl sites for hydroxylation is 1. The molecule has 0 aliphatic heterocycles. The van der Waals surface area contributed by atoms with Crippen molar-refractivity contribution >= 4 is 28.3 Å². The summed E-state index contributed by atoms with van der Waals surface area (Å²) in [6, 6.07) is 12.2. The Morgan fingerprint density at radius 3 is 2.55 bits per heavy atom. The predicted molar refractivity (Wildman–Crippen MR) is 86.2 cm³/mol. The minimum atomic E-state index is -0.497. The van der Waals surface area contributed by atoms with E-state index in [9.17, 15) is 10.1 Å². The lowest BCUT2D eigenvalue weighted by atomic mass is 10.2. The topological polar surface area (TPSA) is 84.7 Å². The third kappa shape index (κ3) is 2.10. The van der Waals surface area contributed by atoms with Gasteiger partial charge >= 0.3 is 0 Å². The predicted octanol–water partition coefficient (Wildman–Crippen LogP) is 2.80. The van der Waals surface area contributed by atoms with E-state index in [1.807, 2.05) is 13.0 Å². The number of halogens is 1. The summed E-state index contributed by atoms with van der Waals surface area (Å²) in [6.45, 7) is 1.82. The van der Waals surface area contributed by atoms with E-state index in [0.717, 1.165) is 5.69 Å². The van der Waals surface area contributed by atoms with Crippen LogP contribution < -0.4 is 11.3 Å². The molecule has 0 saturated heterocycles. The monoisotopic (exact) mass is 310 g/mol. The van der Waals surface area contributed by atoms with E-state index in [1.165, 1.54) is 4.57 Å². The third-order valence-corrected chi connectivity index (χ3v) is 3.75. The molecule has 0 amide bonds. The maximum absolute atomic E-state index is 12.6. The molecule has 0 unspecified atom stereocenters. The van der Waals surface area contributed by atoms with E-state index in [4.69, 9.17) is 17.3 Å². The van der Waals surface area contributed by atoms with Gasteiger partial charge in [0.2, 0.25) is 0 Å². The molecule has 108 valence electrons. The van der Waals surface area contributed by atoms with Crippen LogP contribution in [0.4, 0.5) is 5.69 Å². The number of nitrogens with zero attached hydrogens (tertiary/aromatic N) is 3. The van der Waals surface area contributed by atoms with Crippen LogP contribution in [0.25, 0.3) is 16.7 Å². The molecule has 0 bridgehead atoms. The molecule has 0 aliphatic rings. The minimum Gasteiger partial charge on any atom is -0.399 e. The van der Waals surface area contributed by atoms with Crippen LogP contribution >= 0.6 is 11.6 Å². The molecular formula is C16H11ClN4O. The van der Waals surface area contributed by atoms with Crippen molar-refractivity contribution in [2.45, 2.75) is 6.92 Å². The molecular weight excluding hydrogens is 300 g/mol. The molecule has 1 aromatic carbocycles. The summed E-state index contributed by atoms with van der Waals surface area (Å²) >= 11 is 6.19. The highest BCUT2D eigenvalue weighted by Gasteiger charge is 2.17. The van der Waals surface area contributed by atoms with Crippen molar-refractivity contribution in [2.24, 2.45) is 0 Å². The highest BCUT2D eigenvalue weighted by atomic mass is 35.5. The van der Waals surface area contributed by atoms with Gasteiger partial charge in [-0.05, 0) is 43.3 Å². The summed E-state index contributed by atoms with van der Waals surface area (Å²) in [5, 5.41) is 9.92. The maximum Gasteiger partial charge on any atom is 0.276 e. The highest BCUT2D eigenvalue weighted by molar-refractivity contribution is 6.36. The van der Waals surface area contributed by atoms with Crippen molar-refractivity contribution in [3.8, 4) is 11.8 Å². The zero-order valence-electron chi connectivity index (χ0n) is 11.7. The zero-order chi connectivity index (χ0) is 15.9. The van der Waals surface area contributed by atoms with Crippen molar-refractivity contribution in [3.05, 3.63) is 63.0 Å². The Morgan fingerprint density at radius 1 is 1.23 bits per heavy atom. The van der Waals surface area contributed by atoms with Crippen LogP contribution in [0, 0.1) is 18.3 Å². The van der Waals surface area contributed by atoms with Gasteiger partial charge in [-0.1, -0.05) is 11.6 Å². The molecule has 2 aromatic heterocycles. The Kier molecular flexibility index (Phi) is 3.32. The first-order valence-electron chi connectivity index (χ1n) is 6.51. The molecule has 0 atom stereocenters. The van der Waals surface area contributed by atoms with Crippen molar-refractivity contribution in [1.29, 1.82) is 5.26 Å². The quantitative estimate of drug-likeness (QED) is 0.700. The highest BCUT2D eigenvalue weighted by Crippen LogP contribution is 2.25. The fourth-order valence-corrected chi connectivity index (χ4v) is 2.55. The fourth-order valence-electron chi connectivity index (χ4n) is 2.28. The van der Waals surface area contributed by atoms with Gasteiger partial charge in [-0.2, -0.15) is 5.26 Å². The number of pyridine rings is 2. The molecule has 22 heavy (non-hydrogen) atoms. The van der Waals surface area contributed by atoms with E-state index in [0.29, 0.717) is 22.4 Å². The van der Waals surface area contributed by atoms with Crippen LogP contribution in [-0.2, 0) is 0 Å². The Morgan fingerprint density at radius 2 is 1.91 bits per heavy atom. The first-order valence-corrected chi connectivity index (χ1v) is 6.88. The zero-order valence-corrected chi connectivity index (χ0v) is 12.4. The van der Waals surface area contributed by atoms with Crippen LogP contribution in [0.2, 0.25) is 5.02 Å². The van der Waals surface area contributed by atoms with Gasteiger partial charge in [0.1, 0.15) is 17.3 Å². The van der Waals surface area contributed by atoms with E-state index in [-0.39, 0.29) is 10.6 Å². The molecule has 0 spiro atoms. The molecule has 0 fully saturated rings. The Bertz CT molecular complexity index is 984. The van der Waals surface area contributed by atoms with Crippen LogP contribution in [0.3, 0.4) is 0 Å². The van der Waals surface area contributed by atoms with Gasteiger partial charge in [0, 0.05) is 16.8 Å². The first kappa shape index (κ1) is 14.1. The van der Waals surface area contributed by atoms with E-state index in [1.54, 1.807) is 36.4 Å². The maximum atomic E-state index is 12.6. The number of nitrogen functional groups attached to an aromatic ring is 1. The molecule has 3 rings (SSSR count). The minimum absolute atomic E-state index is 0.100. The van der Waals surface area contributed by atoms with Crippen molar-refractivity contribution in [1.82, 2.24) is 9.55 Å². The number of rotatable bonds is 1. The number of hydrogen-bond donors (Lipinski definition) is 1. The average Bonchev–Trinajstić information content (AvgIpc) is 2.49. The molecule has 2 N–H and O–H groups in total. The number of aromatic nitrogens is 2. The second-order valence-corrected chi connectivity index (χ2v) is 5.23. The SMILES string of the molecule is Cc1ccc2c(Cl)c(C#N)c(=O)n(-c3ccc(N)cc3)c2n1. The second kappa shape index (κ2) is 5.17. The van der Waals surface area contributed by atoms with Gasteiger partial charge < -0.3 is 5.73 Å². The van der Waals surface area contributed by atoms with Crippen molar-refractivity contribution < 1.29 is 0 Å². The summed E-state index contributed by atoms with van der Waals surface area (Å²) < 4.78 is 1.38. The third-order valence-electron chi connectivity index (χ3n) is 3.36. The fraction of sp³-hybridized carbons (Fsp3) is 0.0625. The number of anilines is 1. The van der Waals surface area contributed by atoms with Crippen molar-refractivity contribution in [2.75, 3.05) is 5.73 Å². The molecule has 0 radical (unpaired) electrons. The summed E-state index contributed by atoms with van der Waals surface area (Å²) in [7, 11) is 0. The summed E-state index contributed by atoms with van der Waals surface area (Å²) in [5.74, 6) is 0. The van der Waals surface area contributed by atoms with Crippen LogP contribution in [0.15, 0.2) is 41.2 Å². The molecule has 0 saturated carbocycles. The standard InChI is InChI=1S/C16H11ClN4O/c1-9-2-7-12-14(17)13(8-18)16(22)21(15(12)20-9)11-5-3-10(19)4-6-11/h2-7H,19H2,1H3.